The molecule has 0 unspecified atom stereocenters. The van der Waals surface area contributed by atoms with Gasteiger partial charge in [0, 0.05) is 20.4 Å². The second kappa shape index (κ2) is 6.27. The number of hydrogen-bond donors (Lipinski definition) is 0. The Morgan fingerprint density at radius 3 is 2.37 bits per heavy atom. The van der Waals surface area contributed by atoms with Crippen LogP contribution in [0.1, 0.15) is 35.7 Å². The van der Waals surface area contributed by atoms with E-state index < -0.39 is 0 Å². The maximum atomic E-state index is 11.0. The molecule has 0 aromatic heterocycles. The van der Waals surface area contributed by atoms with E-state index in [9.17, 15) is 4.79 Å². The van der Waals surface area contributed by atoms with Gasteiger partial charge in [-0.05, 0) is 41.8 Å². The Balaban J connectivity index is 2.25. The fourth-order valence-corrected chi connectivity index (χ4v) is 2.92. The van der Waals surface area contributed by atoms with Gasteiger partial charge in [0.05, 0.1) is 0 Å². The minimum atomic E-state index is 0.524. The molecule has 0 heterocycles. The van der Waals surface area contributed by atoms with Gasteiger partial charge in [-0.2, -0.15) is 0 Å². The van der Waals surface area contributed by atoms with E-state index in [-0.39, 0.29) is 0 Å². The van der Waals surface area contributed by atoms with E-state index in [2.05, 4.69) is 38.1 Å². The maximum absolute atomic E-state index is 11.0. The van der Waals surface area contributed by atoms with Crippen LogP contribution in [-0.4, -0.2) is 6.29 Å². The predicted molar refractivity (Wildman–Crippen MR) is 81.5 cm³/mol. The summed E-state index contributed by atoms with van der Waals surface area (Å²) in [5, 5.41) is 0.645. The monoisotopic (exact) mass is 290 g/mol. The fraction of sp³-hybridized carbons (Fsp3) is 0.188. The Hall–Kier alpha value is -1.25. The molecule has 0 radical (unpaired) electrons. The van der Waals surface area contributed by atoms with Crippen molar-refractivity contribution in [3.63, 3.8) is 0 Å². The predicted octanol–water partition coefficient (Wildman–Crippen LogP) is 5.43. The molecule has 2 aromatic rings. The summed E-state index contributed by atoms with van der Waals surface area (Å²) in [4.78, 5) is 13.0. The van der Waals surface area contributed by atoms with Crippen molar-refractivity contribution in [3.05, 3.63) is 58.6 Å². The highest BCUT2D eigenvalue weighted by molar-refractivity contribution is 7.99. The topological polar surface area (TPSA) is 17.1 Å². The van der Waals surface area contributed by atoms with Gasteiger partial charge in [-0.1, -0.05) is 49.3 Å². The molecule has 2 rings (SSSR count). The van der Waals surface area contributed by atoms with E-state index >= 15 is 0 Å². The molecule has 0 aliphatic heterocycles. The van der Waals surface area contributed by atoms with Gasteiger partial charge in [-0.3, -0.25) is 4.79 Å². The lowest BCUT2D eigenvalue weighted by atomic mass is 10.0. The van der Waals surface area contributed by atoms with Crippen molar-refractivity contribution in [3.8, 4) is 0 Å². The number of aldehydes is 1. The average Bonchev–Trinajstić information content (AvgIpc) is 2.39. The summed E-state index contributed by atoms with van der Waals surface area (Å²) in [5.74, 6) is 0.524. The number of carbonyl (C=O) groups excluding carboxylic acids is 1. The Kier molecular flexibility index (Phi) is 4.67. The zero-order valence-electron chi connectivity index (χ0n) is 10.9. The lowest BCUT2D eigenvalue weighted by Gasteiger charge is -2.08. The van der Waals surface area contributed by atoms with Crippen LogP contribution in [-0.2, 0) is 0 Å². The summed E-state index contributed by atoms with van der Waals surface area (Å²) in [6.45, 7) is 4.34. The third kappa shape index (κ3) is 3.62. The zero-order chi connectivity index (χ0) is 13.8. The molecule has 0 saturated heterocycles. The molecule has 0 amide bonds. The molecule has 1 nitrogen and oxygen atoms in total. The SMILES string of the molecule is CC(C)c1ccc(Sc2cc(Cl)ccc2C=O)cc1. The van der Waals surface area contributed by atoms with Gasteiger partial charge in [0.2, 0.25) is 0 Å². The standard InChI is InChI=1S/C16H15ClOS/c1-11(2)12-4-7-15(8-5-12)19-16-9-14(17)6-3-13(16)10-18/h3-11H,1-2H3. The minimum absolute atomic E-state index is 0.524. The van der Waals surface area contributed by atoms with Gasteiger partial charge in [-0.25, -0.2) is 0 Å². The van der Waals surface area contributed by atoms with Crippen LogP contribution in [0.3, 0.4) is 0 Å². The molecule has 0 N–H and O–H groups in total. The number of benzene rings is 2. The molecule has 0 aliphatic rings. The second-order valence-corrected chi connectivity index (χ2v) is 6.18. The number of halogens is 1. The van der Waals surface area contributed by atoms with Crippen LogP contribution in [0.5, 0.6) is 0 Å². The summed E-state index contributed by atoms with van der Waals surface area (Å²) in [7, 11) is 0. The van der Waals surface area contributed by atoms with Gasteiger partial charge in [0.1, 0.15) is 0 Å². The Bertz CT molecular complexity index is 576. The third-order valence-corrected chi connectivity index (χ3v) is 4.19. The normalized spacial score (nSPS) is 10.7. The van der Waals surface area contributed by atoms with Crippen molar-refractivity contribution in [1.82, 2.24) is 0 Å². The first-order valence-corrected chi connectivity index (χ1v) is 7.32. The number of rotatable bonds is 4. The zero-order valence-corrected chi connectivity index (χ0v) is 12.5. The van der Waals surface area contributed by atoms with E-state index in [0.717, 1.165) is 16.1 Å². The summed E-state index contributed by atoms with van der Waals surface area (Å²) < 4.78 is 0. The Labute approximate surface area is 123 Å². The Morgan fingerprint density at radius 2 is 1.79 bits per heavy atom. The molecule has 19 heavy (non-hydrogen) atoms. The molecule has 3 heteroatoms. The smallest absolute Gasteiger partial charge is 0.151 e. The van der Waals surface area contributed by atoms with Gasteiger partial charge in [0.25, 0.3) is 0 Å². The van der Waals surface area contributed by atoms with Crippen molar-refractivity contribution in [2.75, 3.05) is 0 Å². The highest BCUT2D eigenvalue weighted by Crippen LogP contribution is 2.32. The van der Waals surface area contributed by atoms with Crippen LogP contribution in [0.25, 0.3) is 0 Å². The van der Waals surface area contributed by atoms with Crippen molar-refractivity contribution >= 4 is 29.6 Å². The Morgan fingerprint density at radius 1 is 1.11 bits per heavy atom. The molecule has 2 aromatic carbocycles. The number of carbonyl (C=O) groups is 1. The number of hydrogen-bond acceptors (Lipinski definition) is 2. The summed E-state index contributed by atoms with van der Waals surface area (Å²) in [5.41, 5.74) is 1.98. The van der Waals surface area contributed by atoms with Gasteiger partial charge >= 0.3 is 0 Å². The van der Waals surface area contributed by atoms with Gasteiger partial charge in [-0.15, -0.1) is 0 Å². The second-order valence-electron chi connectivity index (χ2n) is 4.63. The molecule has 0 atom stereocenters. The summed E-state index contributed by atoms with van der Waals surface area (Å²) >= 11 is 7.54. The first kappa shape index (κ1) is 14.2. The first-order chi connectivity index (χ1) is 9.10. The third-order valence-electron chi connectivity index (χ3n) is 2.88. The highest BCUT2D eigenvalue weighted by atomic mass is 35.5. The molecular weight excluding hydrogens is 276 g/mol. The van der Waals surface area contributed by atoms with E-state index in [4.69, 9.17) is 11.6 Å². The van der Waals surface area contributed by atoms with Crippen molar-refractivity contribution in [2.24, 2.45) is 0 Å². The van der Waals surface area contributed by atoms with Crippen molar-refractivity contribution in [2.45, 2.75) is 29.6 Å². The van der Waals surface area contributed by atoms with Crippen LogP contribution in [0, 0.1) is 0 Å². The van der Waals surface area contributed by atoms with E-state index in [1.807, 2.05) is 6.07 Å². The van der Waals surface area contributed by atoms with Gasteiger partial charge in [0.15, 0.2) is 6.29 Å². The molecule has 0 aliphatic carbocycles. The molecule has 0 spiro atoms. The quantitative estimate of drug-likeness (QED) is 0.699. The molecule has 98 valence electrons. The van der Waals surface area contributed by atoms with Crippen LogP contribution in [0.4, 0.5) is 0 Å². The first-order valence-electron chi connectivity index (χ1n) is 6.12. The lowest BCUT2D eigenvalue weighted by Crippen LogP contribution is -1.87. The van der Waals surface area contributed by atoms with Crippen LogP contribution in [0.2, 0.25) is 5.02 Å². The fourth-order valence-electron chi connectivity index (χ4n) is 1.74. The molecule has 0 saturated carbocycles. The average molecular weight is 291 g/mol. The lowest BCUT2D eigenvalue weighted by molar-refractivity contribution is 0.112. The van der Waals surface area contributed by atoms with Crippen LogP contribution in [0.15, 0.2) is 52.3 Å². The minimum Gasteiger partial charge on any atom is -0.298 e. The summed E-state index contributed by atoms with van der Waals surface area (Å²) in [6, 6.07) is 13.7. The van der Waals surface area contributed by atoms with Gasteiger partial charge < -0.3 is 0 Å². The van der Waals surface area contributed by atoms with Crippen LogP contribution >= 0.6 is 23.4 Å². The van der Waals surface area contributed by atoms with Crippen molar-refractivity contribution in [1.29, 1.82) is 0 Å². The van der Waals surface area contributed by atoms with Crippen molar-refractivity contribution < 1.29 is 4.79 Å². The van der Waals surface area contributed by atoms with E-state index in [1.165, 1.54) is 5.56 Å². The molecule has 0 fully saturated rings. The molecule has 0 bridgehead atoms. The van der Waals surface area contributed by atoms with E-state index in [0.29, 0.717) is 16.5 Å². The molecular formula is C16H15ClOS. The highest BCUT2D eigenvalue weighted by Gasteiger charge is 2.06. The summed E-state index contributed by atoms with van der Waals surface area (Å²) in [6.07, 6.45) is 0.862. The maximum Gasteiger partial charge on any atom is 0.151 e. The largest absolute Gasteiger partial charge is 0.298 e. The van der Waals surface area contributed by atoms with Crippen LogP contribution < -0.4 is 0 Å². The van der Waals surface area contributed by atoms with E-state index in [1.54, 1.807) is 23.9 Å².